The molecule has 1 aromatic carbocycles. The highest BCUT2D eigenvalue weighted by Crippen LogP contribution is 2.10. The van der Waals surface area contributed by atoms with Crippen LogP contribution in [-0.2, 0) is 14.4 Å². The van der Waals surface area contributed by atoms with Crippen molar-refractivity contribution in [1.29, 1.82) is 0 Å². The van der Waals surface area contributed by atoms with Gasteiger partial charge in [0.05, 0.1) is 0 Å². The van der Waals surface area contributed by atoms with Crippen molar-refractivity contribution in [2.45, 2.75) is 19.4 Å². The lowest BCUT2D eigenvalue weighted by Gasteiger charge is -2.36. The fourth-order valence-corrected chi connectivity index (χ4v) is 3.33. The first kappa shape index (κ1) is 21.1. The van der Waals surface area contributed by atoms with Crippen LogP contribution in [0.4, 0.5) is 0 Å². The minimum Gasteiger partial charge on any atom is -0.484 e. The molecule has 0 bridgehead atoms. The zero-order valence-corrected chi connectivity index (χ0v) is 16.7. The molecule has 1 aliphatic rings. The van der Waals surface area contributed by atoms with E-state index in [1.807, 2.05) is 24.5 Å². The minimum absolute atomic E-state index is 0.0207. The van der Waals surface area contributed by atoms with Crippen LogP contribution in [-0.4, -0.2) is 78.4 Å². The van der Waals surface area contributed by atoms with Gasteiger partial charge < -0.3 is 19.9 Å². The van der Waals surface area contributed by atoms with Crippen LogP contribution >= 0.6 is 11.8 Å². The van der Waals surface area contributed by atoms with Crippen molar-refractivity contribution >= 4 is 29.5 Å². The van der Waals surface area contributed by atoms with Crippen molar-refractivity contribution < 1.29 is 19.1 Å². The number of benzene rings is 1. The molecule has 148 valence electrons. The van der Waals surface area contributed by atoms with E-state index in [0.29, 0.717) is 38.3 Å². The summed E-state index contributed by atoms with van der Waals surface area (Å²) in [6.45, 7) is 3.44. The normalized spacial score (nSPS) is 15.2. The van der Waals surface area contributed by atoms with Crippen LogP contribution in [0.2, 0.25) is 0 Å². The van der Waals surface area contributed by atoms with Crippen LogP contribution in [0.15, 0.2) is 30.3 Å². The standard InChI is InChI=1S/C19H27N3O4S/c1-15(23)21-9-11-22(12-10-21)19(25)17(8-13-27-2)20-18(24)14-26-16-6-4-3-5-7-16/h3-7,17H,8-14H2,1-2H3,(H,20,24)/t17-/m1/s1. The van der Waals surface area contributed by atoms with Gasteiger partial charge in [-0.15, -0.1) is 0 Å². The average Bonchev–Trinajstić information content (AvgIpc) is 2.70. The molecule has 27 heavy (non-hydrogen) atoms. The molecule has 7 nitrogen and oxygen atoms in total. The third-order valence-electron chi connectivity index (χ3n) is 4.39. The highest BCUT2D eigenvalue weighted by molar-refractivity contribution is 7.98. The zero-order valence-electron chi connectivity index (χ0n) is 15.8. The summed E-state index contributed by atoms with van der Waals surface area (Å²) >= 11 is 1.63. The van der Waals surface area contributed by atoms with Crippen molar-refractivity contribution in [2.24, 2.45) is 0 Å². The molecule has 0 saturated carbocycles. The Balaban J connectivity index is 1.88. The maximum absolute atomic E-state index is 12.8. The summed E-state index contributed by atoms with van der Waals surface area (Å²) < 4.78 is 5.45. The summed E-state index contributed by atoms with van der Waals surface area (Å²) in [5.41, 5.74) is 0. The Morgan fingerprint density at radius 2 is 1.74 bits per heavy atom. The van der Waals surface area contributed by atoms with Gasteiger partial charge in [0.2, 0.25) is 11.8 Å². The molecule has 1 fully saturated rings. The van der Waals surface area contributed by atoms with Crippen molar-refractivity contribution in [2.75, 3.05) is 44.8 Å². The molecule has 3 amide bonds. The van der Waals surface area contributed by atoms with Crippen LogP contribution in [0.25, 0.3) is 0 Å². The highest BCUT2D eigenvalue weighted by Gasteiger charge is 2.29. The Morgan fingerprint density at radius 3 is 2.33 bits per heavy atom. The predicted molar refractivity (Wildman–Crippen MR) is 106 cm³/mol. The molecule has 0 spiro atoms. The van der Waals surface area contributed by atoms with E-state index in [4.69, 9.17) is 4.74 Å². The quantitative estimate of drug-likeness (QED) is 0.713. The average molecular weight is 394 g/mol. The Morgan fingerprint density at radius 1 is 1.11 bits per heavy atom. The van der Waals surface area contributed by atoms with E-state index in [1.165, 1.54) is 6.92 Å². The third-order valence-corrected chi connectivity index (χ3v) is 5.04. The first-order valence-corrected chi connectivity index (χ1v) is 10.4. The number of thioether (sulfide) groups is 1. The van der Waals surface area contributed by atoms with Gasteiger partial charge in [-0.05, 0) is 30.6 Å². The number of para-hydroxylation sites is 1. The first-order chi connectivity index (χ1) is 13.0. The van der Waals surface area contributed by atoms with Crippen LogP contribution in [0.1, 0.15) is 13.3 Å². The van der Waals surface area contributed by atoms with Crippen molar-refractivity contribution in [3.63, 3.8) is 0 Å². The van der Waals surface area contributed by atoms with Gasteiger partial charge in [-0.1, -0.05) is 18.2 Å². The topological polar surface area (TPSA) is 79.0 Å². The first-order valence-electron chi connectivity index (χ1n) is 9.01. The van der Waals surface area contributed by atoms with Crippen LogP contribution in [0.5, 0.6) is 5.75 Å². The summed E-state index contributed by atoms with van der Waals surface area (Å²) in [5, 5.41) is 2.80. The highest BCUT2D eigenvalue weighted by atomic mass is 32.2. The summed E-state index contributed by atoms with van der Waals surface area (Å²) in [6, 6.07) is 8.51. The molecule has 0 unspecified atom stereocenters. The summed E-state index contributed by atoms with van der Waals surface area (Å²) in [5.74, 6) is 0.984. The number of hydrogen-bond acceptors (Lipinski definition) is 5. The lowest BCUT2D eigenvalue weighted by molar-refractivity contribution is -0.141. The van der Waals surface area contributed by atoms with Gasteiger partial charge in [-0.3, -0.25) is 14.4 Å². The van der Waals surface area contributed by atoms with E-state index in [0.717, 1.165) is 5.75 Å². The molecular formula is C19H27N3O4S. The largest absolute Gasteiger partial charge is 0.484 e. The number of nitrogens with zero attached hydrogens (tertiary/aromatic N) is 2. The van der Waals surface area contributed by atoms with Gasteiger partial charge in [-0.25, -0.2) is 0 Å². The SMILES string of the molecule is CSCC[C@@H](NC(=O)COc1ccccc1)C(=O)N1CCN(C(C)=O)CC1. The zero-order chi connectivity index (χ0) is 19.6. The van der Waals surface area contributed by atoms with E-state index in [1.54, 1.807) is 33.7 Å². The Kier molecular flexibility index (Phi) is 8.44. The maximum atomic E-state index is 12.8. The van der Waals surface area contributed by atoms with Gasteiger partial charge in [0.15, 0.2) is 6.61 Å². The number of ether oxygens (including phenoxy) is 1. The predicted octanol–water partition coefficient (Wildman–Crippen LogP) is 0.994. The van der Waals surface area contributed by atoms with Gasteiger partial charge in [0, 0.05) is 33.1 Å². The second-order valence-corrected chi connectivity index (χ2v) is 7.32. The number of hydrogen-bond donors (Lipinski definition) is 1. The number of carbonyl (C=O) groups excluding carboxylic acids is 3. The molecule has 0 aliphatic carbocycles. The van der Waals surface area contributed by atoms with Gasteiger partial charge in [0.25, 0.3) is 5.91 Å². The number of piperazine rings is 1. The van der Waals surface area contributed by atoms with Crippen LogP contribution in [0.3, 0.4) is 0 Å². The Labute approximate surface area is 164 Å². The molecule has 8 heteroatoms. The molecule has 1 saturated heterocycles. The van der Waals surface area contributed by atoms with Gasteiger partial charge in [0.1, 0.15) is 11.8 Å². The summed E-state index contributed by atoms with van der Waals surface area (Å²) in [7, 11) is 0. The molecular weight excluding hydrogens is 366 g/mol. The number of amides is 3. The van der Waals surface area contributed by atoms with E-state index < -0.39 is 6.04 Å². The molecule has 1 aromatic rings. The molecule has 0 aromatic heterocycles. The third kappa shape index (κ3) is 6.78. The van der Waals surface area contributed by atoms with Crippen molar-refractivity contribution in [1.82, 2.24) is 15.1 Å². The molecule has 2 rings (SSSR count). The van der Waals surface area contributed by atoms with Gasteiger partial charge >= 0.3 is 0 Å². The summed E-state index contributed by atoms with van der Waals surface area (Å²) in [6.07, 6.45) is 2.53. The van der Waals surface area contributed by atoms with Crippen LogP contribution in [0, 0.1) is 0 Å². The molecule has 1 atom stereocenters. The van der Waals surface area contributed by atoms with Gasteiger partial charge in [-0.2, -0.15) is 11.8 Å². The fraction of sp³-hybridized carbons (Fsp3) is 0.526. The minimum atomic E-state index is -0.576. The molecule has 1 aliphatic heterocycles. The van der Waals surface area contributed by atoms with Crippen molar-refractivity contribution in [3.05, 3.63) is 30.3 Å². The van der Waals surface area contributed by atoms with E-state index in [2.05, 4.69) is 5.32 Å². The number of carbonyl (C=O) groups is 3. The Hall–Kier alpha value is -2.22. The molecule has 1 N–H and O–H groups in total. The monoisotopic (exact) mass is 393 g/mol. The second-order valence-electron chi connectivity index (χ2n) is 6.33. The lowest BCUT2D eigenvalue weighted by Crippen LogP contribution is -2.56. The molecule has 0 radical (unpaired) electrons. The van der Waals surface area contributed by atoms with E-state index in [-0.39, 0.29) is 24.3 Å². The number of nitrogens with one attached hydrogen (secondary N) is 1. The van der Waals surface area contributed by atoms with Crippen molar-refractivity contribution in [3.8, 4) is 5.75 Å². The summed E-state index contributed by atoms with van der Waals surface area (Å²) in [4.78, 5) is 40.0. The Bertz CT molecular complexity index is 633. The number of rotatable bonds is 8. The van der Waals surface area contributed by atoms with E-state index >= 15 is 0 Å². The van der Waals surface area contributed by atoms with Crippen LogP contribution < -0.4 is 10.1 Å². The maximum Gasteiger partial charge on any atom is 0.258 e. The fourth-order valence-electron chi connectivity index (χ4n) is 2.86. The molecule has 1 heterocycles. The van der Waals surface area contributed by atoms with E-state index in [9.17, 15) is 14.4 Å². The lowest BCUT2D eigenvalue weighted by atomic mass is 10.1. The second kappa shape index (κ2) is 10.8. The smallest absolute Gasteiger partial charge is 0.258 e.